The van der Waals surface area contributed by atoms with E-state index < -0.39 is 0 Å². The fraction of sp³-hybridized carbons (Fsp3) is 0.143. The molecule has 4 heteroatoms. The minimum Gasteiger partial charge on any atom is -0.285 e. The van der Waals surface area contributed by atoms with Crippen LogP contribution in [0.1, 0.15) is 23.3 Å². The Hall–Kier alpha value is -1.26. The van der Waals surface area contributed by atoms with E-state index in [4.69, 9.17) is 0 Å². The first-order chi connectivity index (χ1) is 8.79. The Morgan fingerprint density at radius 1 is 1.17 bits per heavy atom. The van der Waals surface area contributed by atoms with Crippen LogP contribution in [-0.2, 0) is 4.79 Å². The van der Waals surface area contributed by atoms with Crippen molar-refractivity contribution < 1.29 is 4.79 Å². The van der Waals surface area contributed by atoms with Crippen LogP contribution in [0.5, 0.6) is 0 Å². The van der Waals surface area contributed by atoms with Crippen molar-refractivity contribution in [1.29, 1.82) is 0 Å². The molecule has 1 atom stereocenters. The lowest BCUT2D eigenvalue weighted by atomic mass is 10.1. The Morgan fingerprint density at radius 2 is 1.94 bits per heavy atom. The smallest absolute Gasteiger partial charge is 0.233 e. The van der Waals surface area contributed by atoms with Crippen molar-refractivity contribution in [2.24, 2.45) is 0 Å². The van der Waals surface area contributed by atoms with Gasteiger partial charge in [0, 0.05) is 17.0 Å². The number of carbonyl (C=O) groups excluding carboxylic acids is 1. The highest BCUT2D eigenvalue weighted by molar-refractivity contribution is 8.76. The monoisotopic (exact) mass is 274 g/mol. The van der Waals surface area contributed by atoms with Crippen LogP contribution >= 0.6 is 21.6 Å². The average molecular weight is 274 g/mol. The summed E-state index contributed by atoms with van der Waals surface area (Å²) in [6.45, 7) is 2.14. The molecule has 0 spiro atoms. The van der Waals surface area contributed by atoms with Gasteiger partial charge in [0.25, 0.3) is 0 Å². The highest BCUT2D eigenvalue weighted by Crippen LogP contribution is 2.41. The van der Waals surface area contributed by atoms with Crippen LogP contribution in [0, 0.1) is 0 Å². The lowest BCUT2D eigenvalue weighted by Crippen LogP contribution is -1.88. The molecule has 0 saturated heterocycles. The molecule has 1 aromatic carbocycles. The predicted molar refractivity (Wildman–Crippen MR) is 77.3 cm³/mol. The van der Waals surface area contributed by atoms with Gasteiger partial charge < -0.3 is 0 Å². The Labute approximate surface area is 115 Å². The largest absolute Gasteiger partial charge is 0.285 e. The summed E-state index contributed by atoms with van der Waals surface area (Å²) in [7, 11) is 3.41. The summed E-state index contributed by atoms with van der Waals surface area (Å²) in [4.78, 5) is 14.7. The summed E-state index contributed by atoms with van der Waals surface area (Å²) in [5.74, 6) is 0. The SMILES string of the molecule is CC(SSc1ccccn1)c1ccc([C]=O)cc1. The van der Waals surface area contributed by atoms with Crippen LogP contribution < -0.4 is 0 Å². The van der Waals surface area contributed by atoms with Gasteiger partial charge in [-0.25, -0.2) is 4.98 Å². The lowest BCUT2D eigenvalue weighted by molar-refractivity contribution is 0.563. The third-order valence-corrected chi connectivity index (χ3v) is 5.15. The van der Waals surface area contributed by atoms with E-state index in [-0.39, 0.29) is 0 Å². The molecule has 0 aliphatic rings. The second-order valence-corrected chi connectivity index (χ2v) is 6.28. The van der Waals surface area contributed by atoms with Crippen molar-refractivity contribution >= 4 is 27.9 Å². The van der Waals surface area contributed by atoms with Crippen molar-refractivity contribution in [2.75, 3.05) is 0 Å². The van der Waals surface area contributed by atoms with Crippen LogP contribution in [0.2, 0.25) is 0 Å². The zero-order chi connectivity index (χ0) is 12.8. The summed E-state index contributed by atoms with van der Waals surface area (Å²) in [5, 5.41) is 1.35. The normalized spacial score (nSPS) is 12.1. The number of rotatable bonds is 5. The molecule has 0 saturated carbocycles. The maximum atomic E-state index is 10.5. The van der Waals surface area contributed by atoms with Gasteiger partial charge in [-0.3, -0.25) is 4.79 Å². The maximum Gasteiger partial charge on any atom is 0.233 e. The standard InChI is InChI=1S/C14H12NOS2/c1-11(13-7-5-12(10-16)6-8-13)17-18-14-4-2-3-9-15-14/h2-9,11H,1H3. The van der Waals surface area contributed by atoms with Gasteiger partial charge in [0.15, 0.2) is 0 Å². The third kappa shape index (κ3) is 3.62. The fourth-order valence-electron chi connectivity index (χ4n) is 1.40. The van der Waals surface area contributed by atoms with Crippen molar-refractivity contribution in [1.82, 2.24) is 4.98 Å². The molecular formula is C14H12NOS2. The zero-order valence-electron chi connectivity index (χ0n) is 9.87. The van der Waals surface area contributed by atoms with E-state index >= 15 is 0 Å². The van der Waals surface area contributed by atoms with E-state index in [1.165, 1.54) is 5.56 Å². The van der Waals surface area contributed by atoms with Gasteiger partial charge in [0.05, 0.1) is 0 Å². The molecule has 2 rings (SSSR count). The molecule has 1 aromatic heterocycles. The van der Waals surface area contributed by atoms with E-state index in [0.717, 1.165) is 5.03 Å². The summed E-state index contributed by atoms with van der Waals surface area (Å²) < 4.78 is 0. The first-order valence-corrected chi connectivity index (χ1v) is 7.73. The lowest BCUT2D eigenvalue weighted by Gasteiger charge is -2.10. The van der Waals surface area contributed by atoms with Gasteiger partial charge in [-0.15, -0.1) is 0 Å². The number of hydrogen-bond donors (Lipinski definition) is 0. The molecular weight excluding hydrogens is 262 g/mol. The number of hydrogen-bond acceptors (Lipinski definition) is 4. The summed E-state index contributed by atoms with van der Waals surface area (Å²) in [5.41, 5.74) is 1.79. The van der Waals surface area contributed by atoms with Crippen LogP contribution in [0.15, 0.2) is 53.7 Å². The van der Waals surface area contributed by atoms with Gasteiger partial charge in [0.1, 0.15) is 5.03 Å². The molecule has 0 bridgehead atoms. The molecule has 1 heterocycles. The Kier molecular flexibility index (Phi) is 4.84. The second kappa shape index (κ2) is 6.61. The molecule has 1 radical (unpaired) electrons. The number of aromatic nitrogens is 1. The topological polar surface area (TPSA) is 30.0 Å². The van der Waals surface area contributed by atoms with E-state index in [1.807, 2.05) is 36.6 Å². The van der Waals surface area contributed by atoms with Gasteiger partial charge in [-0.1, -0.05) is 41.1 Å². The van der Waals surface area contributed by atoms with Crippen molar-refractivity contribution in [3.8, 4) is 0 Å². The van der Waals surface area contributed by atoms with E-state index in [1.54, 1.807) is 39.9 Å². The van der Waals surface area contributed by atoms with Gasteiger partial charge in [-0.2, -0.15) is 0 Å². The van der Waals surface area contributed by atoms with E-state index in [0.29, 0.717) is 10.8 Å². The van der Waals surface area contributed by atoms with Crippen LogP contribution in [-0.4, -0.2) is 11.3 Å². The summed E-state index contributed by atoms with van der Waals surface area (Å²) >= 11 is 0. The second-order valence-electron chi connectivity index (χ2n) is 3.71. The zero-order valence-corrected chi connectivity index (χ0v) is 11.5. The van der Waals surface area contributed by atoms with Crippen molar-refractivity contribution in [3.05, 3.63) is 59.8 Å². The van der Waals surface area contributed by atoms with E-state index in [2.05, 4.69) is 11.9 Å². The fourth-order valence-corrected chi connectivity index (χ4v) is 3.50. The number of benzene rings is 1. The molecule has 2 nitrogen and oxygen atoms in total. The predicted octanol–water partition coefficient (Wildman–Crippen LogP) is 4.04. The van der Waals surface area contributed by atoms with E-state index in [9.17, 15) is 4.79 Å². The molecule has 0 amide bonds. The molecule has 91 valence electrons. The van der Waals surface area contributed by atoms with Gasteiger partial charge in [-0.05, 0) is 35.4 Å². The molecule has 0 fully saturated rings. The van der Waals surface area contributed by atoms with Gasteiger partial charge >= 0.3 is 0 Å². The Bertz CT molecular complexity index is 499. The van der Waals surface area contributed by atoms with Crippen LogP contribution in [0.3, 0.4) is 0 Å². The quantitative estimate of drug-likeness (QED) is 0.770. The molecule has 2 aromatic rings. The third-order valence-electron chi connectivity index (χ3n) is 2.41. The molecule has 0 N–H and O–H groups in total. The van der Waals surface area contributed by atoms with Gasteiger partial charge in [0.2, 0.25) is 6.29 Å². The van der Waals surface area contributed by atoms with Crippen molar-refractivity contribution in [2.45, 2.75) is 17.2 Å². The Balaban J connectivity index is 1.94. The Morgan fingerprint density at radius 3 is 2.56 bits per heavy atom. The molecule has 0 aliphatic heterocycles. The van der Waals surface area contributed by atoms with Crippen molar-refractivity contribution in [3.63, 3.8) is 0 Å². The van der Waals surface area contributed by atoms with Crippen LogP contribution in [0.25, 0.3) is 0 Å². The molecule has 0 aliphatic carbocycles. The molecule has 18 heavy (non-hydrogen) atoms. The maximum absolute atomic E-state index is 10.5. The minimum absolute atomic E-state index is 0.345. The number of nitrogens with zero attached hydrogens (tertiary/aromatic N) is 1. The first kappa shape index (κ1) is 13.2. The highest BCUT2D eigenvalue weighted by Gasteiger charge is 2.07. The van der Waals surface area contributed by atoms with Crippen LogP contribution in [0.4, 0.5) is 0 Å². The summed E-state index contributed by atoms with van der Waals surface area (Å²) in [6.07, 6.45) is 3.67. The average Bonchev–Trinajstić information content (AvgIpc) is 2.46. The highest BCUT2D eigenvalue weighted by atomic mass is 33.1. The number of pyridine rings is 1. The summed E-state index contributed by atoms with van der Waals surface area (Å²) in [6, 6.07) is 13.4. The molecule has 1 unspecified atom stereocenters. The minimum atomic E-state index is 0.345. The first-order valence-electron chi connectivity index (χ1n) is 5.52.